The summed E-state index contributed by atoms with van der Waals surface area (Å²) in [6.07, 6.45) is -1.35. The number of hydrogen-bond acceptors (Lipinski definition) is 12. The van der Waals surface area contributed by atoms with E-state index >= 15 is 19.2 Å². The number of carboxylic acid groups (broad SMARTS) is 2. The van der Waals surface area contributed by atoms with Gasteiger partial charge < -0.3 is 38.6 Å². The fraction of sp³-hybridized carbons (Fsp3) is 0.351. The highest BCUT2D eigenvalue weighted by molar-refractivity contribution is 6.24. The molecule has 4 bridgehead atoms. The van der Waals surface area contributed by atoms with Crippen LogP contribution < -0.4 is 9.80 Å². The third-order valence-electron chi connectivity index (χ3n) is 18.5. The van der Waals surface area contributed by atoms with Crippen molar-refractivity contribution in [2.75, 3.05) is 49.4 Å². The van der Waals surface area contributed by atoms with Gasteiger partial charge in [0.05, 0.1) is 123 Å². The predicted molar refractivity (Wildman–Crippen MR) is 335 cm³/mol. The number of carbonyl (C=O) groups excluding carboxylic acids is 4. The predicted octanol–water partition coefficient (Wildman–Crippen LogP) is 11.8. The zero-order chi connectivity index (χ0) is 63.0. The summed E-state index contributed by atoms with van der Waals surface area (Å²) in [5.41, 5.74) is -4.56. The van der Waals surface area contributed by atoms with E-state index in [2.05, 4.69) is 0 Å². The van der Waals surface area contributed by atoms with E-state index in [9.17, 15) is 19.8 Å². The monoisotopic (exact) mass is 1220 g/mol. The molecule has 16 heteroatoms. The Labute approximate surface area is 524 Å². The molecule has 90 heavy (non-hydrogen) atoms. The van der Waals surface area contributed by atoms with Crippen molar-refractivity contribution in [2.24, 2.45) is 32.5 Å². The van der Waals surface area contributed by atoms with Gasteiger partial charge in [-0.15, -0.1) is 0 Å². The average molecular weight is 1220 g/mol. The lowest BCUT2D eigenvalue weighted by Gasteiger charge is -2.58. The third kappa shape index (κ3) is 13.1. The van der Waals surface area contributed by atoms with Gasteiger partial charge in [0, 0.05) is 0 Å². The number of benzene rings is 7. The first-order valence-corrected chi connectivity index (χ1v) is 30.6. The summed E-state index contributed by atoms with van der Waals surface area (Å²) in [7, 11) is 0. The Kier molecular flexibility index (Phi) is 18.9. The standard InChI is InChI=1S/C74H76N2O14/c1-53-33-54(2)62(76-65(79)71(49-87-37-57-25-13-5-14-26-57)42-72(66(76)80,50-88-38-58-27-15-6-16-28-58)46-74(45-71,68(83)84)52-90-40-60-31-19-8-20-32-60)34-61(53)75-63(77)69(47-85-35-55-21-9-3-10-22-55)41-70(64(75)78,48-86-36-56-23-11-4-12-24-56)44-73(43-69,67(81)82)51-89-39-59-29-17-7-18-30-59/h3-34H,35-52H2,1-2H3,(H,81,82)(H,83,84). The highest BCUT2D eigenvalue weighted by atomic mass is 16.5. The molecule has 4 atom stereocenters. The van der Waals surface area contributed by atoms with Crippen LogP contribution in [0.2, 0.25) is 0 Å². The molecule has 0 spiro atoms. The molecule has 7 aromatic carbocycles. The van der Waals surface area contributed by atoms with E-state index in [4.69, 9.17) is 28.4 Å². The molecule has 4 fully saturated rings. The zero-order valence-electron chi connectivity index (χ0n) is 50.9. The fourth-order valence-corrected chi connectivity index (χ4v) is 14.7. The van der Waals surface area contributed by atoms with Gasteiger partial charge >= 0.3 is 11.9 Å². The number of carbonyl (C=O) groups is 6. The van der Waals surface area contributed by atoms with Gasteiger partial charge in [-0.1, -0.05) is 188 Å². The maximum absolute atomic E-state index is 16.4. The largest absolute Gasteiger partial charge is 0.481 e. The minimum absolute atomic E-state index is 0.0580. The minimum atomic E-state index is -1.81. The van der Waals surface area contributed by atoms with Gasteiger partial charge in [0.2, 0.25) is 23.6 Å². The Morgan fingerprint density at radius 3 is 0.756 bits per heavy atom. The first kappa shape index (κ1) is 63.1. The zero-order valence-corrected chi connectivity index (χ0v) is 50.9. The molecule has 4 aliphatic rings. The maximum Gasteiger partial charge on any atom is 0.312 e. The summed E-state index contributed by atoms with van der Waals surface area (Å²) in [5.74, 6) is -5.39. The van der Waals surface area contributed by atoms with Crippen molar-refractivity contribution in [1.29, 1.82) is 0 Å². The molecule has 2 aliphatic heterocycles. The van der Waals surface area contributed by atoms with Crippen LogP contribution >= 0.6 is 0 Å². The quantitative estimate of drug-likeness (QED) is 0.0438. The molecule has 2 saturated carbocycles. The Morgan fingerprint density at radius 1 is 0.333 bits per heavy atom. The van der Waals surface area contributed by atoms with Crippen LogP contribution in [0, 0.1) is 46.3 Å². The van der Waals surface area contributed by atoms with E-state index in [1.807, 2.05) is 182 Å². The summed E-state index contributed by atoms with van der Waals surface area (Å²) < 4.78 is 38.8. The number of ether oxygens (including phenoxy) is 6. The lowest BCUT2D eigenvalue weighted by Crippen LogP contribution is -2.69. The van der Waals surface area contributed by atoms with Crippen molar-refractivity contribution in [2.45, 2.75) is 92.0 Å². The lowest BCUT2D eigenvalue weighted by molar-refractivity contribution is -0.190. The second-order valence-electron chi connectivity index (χ2n) is 25.5. The molecule has 2 heterocycles. The fourth-order valence-electron chi connectivity index (χ4n) is 14.7. The first-order chi connectivity index (χ1) is 43.5. The Morgan fingerprint density at radius 2 is 0.544 bits per heavy atom. The number of carboxylic acids is 2. The van der Waals surface area contributed by atoms with Gasteiger partial charge in [0.15, 0.2) is 0 Å². The smallest absolute Gasteiger partial charge is 0.312 e. The Bertz CT molecular complexity index is 3300. The molecule has 4 unspecified atom stereocenters. The van der Waals surface area contributed by atoms with E-state index < -0.39 is 68.1 Å². The van der Waals surface area contributed by atoms with Gasteiger partial charge in [0.25, 0.3) is 0 Å². The topological polar surface area (TPSA) is 205 Å². The Balaban J connectivity index is 1.03. The molecule has 0 aromatic heterocycles. The number of amides is 4. The van der Waals surface area contributed by atoms with Crippen molar-refractivity contribution < 1.29 is 67.4 Å². The van der Waals surface area contributed by atoms with Gasteiger partial charge in [-0.25, -0.2) is 9.80 Å². The number of rotatable bonds is 28. The van der Waals surface area contributed by atoms with Gasteiger partial charge in [-0.3, -0.25) is 28.8 Å². The summed E-state index contributed by atoms with van der Waals surface area (Å²) in [6, 6.07) is 59.3. The van der Waals surface area contributed by atoms with Crippen molar-refractivity contribution in [1.82, 2.24) is 0 Å². The van der Waals surface area contributed by atoms with Crippen molar-refractivity contribution in [3.8, 4) is 0 Å². The molecular formula is C74H76N2O14. The molecule has 2 N–H and O–H groups in total. The molecule has 0 radical (unpaired) electrons. The minimum Gasteiger partial charge on any atom is -0.481 e. The van der Waals surface area contributed by atoms with E-state index in [1.165, 1.54) is 6.07 Å². The molecule has 2 aliphatic carbocycles. The van der Waals surface area contributed by atoms with Crippen molar-refractivity contribution in [3.63, 3.8) is 0 Å². The lowest BCUT2D eigenvalue weighted by atomic mass is 9.50. The van der Waals surface area contributed by atoms with Crippen LogP contribution in [-0.2, 0) is 96.8 Å². The average Bonchev–Trinajstić information content (AvgIpc) is 0.742. The highest BCUT2D eigenvalue weighted by Crippen LogP contribution is 2.63. The number of aliphatic carboxylic acids is 2. The SMILES string of the molecule is Cc1cc(C)c(N2C(=O)C3(COCc4ccccc4)CC(COCc4ccccc4)(C(=O)O)CC(COCc4ccccc4)(C3)C2=O)cc1N1C(=O)C2(COCc3ccccc3)CC(COCc3ccccc3)(C(=O)O)CC(COCc3ccccc3)(C2)C1=O. The molecule has 466 valence electrons. The number of piperidine rings is 2. The van der Waals surface area contributed by atoms with Crippen LogP contribution in [-0.4, -0.2) is 85.4 Å². The van der Waals surface area contributed by atoms with E-state index in [-0.39, 0.29) is 129 Å². The van der Waals surface area contributed by atoms with Gasteiger partial charge in [-0.2, -0.15) is 0 Å². The van der Waals surface area contributed by atoms with Gasteiger partial charge in [-0.05, 0) is 103 Å². The molecule has 4 amide bonds. The maximum atomic E-state index is 16.4. The first-order valence-electron chi connectivity index (χ1n) is 30.6. The van der Waals surface area contributed by atoms with Crippen LogP contribution in [0.4, 0.5) is 11.4 Å². The normalized spacial score (nSPS) is 24.7. The van der Waals surface area contributed by atoms with Crippen molar-refractivity contribution >= 4 is 46.9 Å². The van der Waals surface area contributed by atoms with Crippen LogP contribution in [0.15, 0.2) is 194 Å². The third-order valence-corrected chi connectivity index (χ3v) is 18.5. The number of hydrogen-bond donors (Lipinski definition) is 2. The van der Waals surface area contributed by atoms with E-state index in [1.54, 1.807) is 19.9 Å². The van der Waals surface area contributed by atoms with Crippen LogP contribution in [0.3, 0.4) is 0 Å². The summed E-state index contributed by atoms with van der Waals surface area (Å²) >= 11 is 0. The summed E-state index contributed by atoms with van der Waals surface area (Å²) in [4.78, 5) is 96.1. The van der Waals surface area contributed by atoms with E-state index in [0.717, 1.165) is 43.2 Å². The second-order valence-corrected chi connectivity index (χ2v) is 25.5. The second kappa shape index (κ2) is 26.9. The van der Waals surface area contributed by atoms with Crippen LogP contribution in [0.1, 0.15) is 83.0 Å². The highest BCUT2D eigenvalue weighted by Gasteiger charge is 2.71. The number of nitrogens with zero attached hydrogens (tertiary/aromatic N) is 2. The molecule has 11 rings (SSSR count). The number of imide groups is 2. The molecule has 2 saturated heterocycles. The molecule has 7 aromatic rings. The van der Waals surface area contributed by atoms with Crippen LogP contribution in [0.5, 0.6) is 0 Å². The van der Waals surface area contributed by atoms with Crippen LogP contribution in [0.25, 0.3) is 0 Å². The molecule has 16 nitrogen and oxygen atoms in total. The van der Waals surface area contributed by atoms with Gasteiger partial charge in [0.1, 0.15) is 0 Å². The van der Waals surface area contributed by atoms with Crippen molar-refractivity contribution in [3.05, 3.63) is 239 Å². The number of aryl methyl sites for hydroxylation is 2. The summed E-state index contributed by atoms with van der Waals surface area (Å²) in [6.45, 7) is 1.99. The number of anilines is 2. The summed E-state index contributed by atoms with van der Waals surface area (Å²) in [5, 5.41) is 23.2. The number of fused-ring (bicyclic) bond motifs is 4. The Hall–Kier alpha value is -8.48. The molecular weight excluding hydrogens is 1140 g/mol. The van der Waals surface area contributed by atoms with E-state index in [0.29, 0.717) is 11.1 Å².